The fourth-order valence-electron chi connectivity index (χ4n) is 3.55. The lowest BCUT2D eigenvalue weighted by molar-refractivity contribution is 0.0602. The molecule has 5 rings (SSSR count). The zero-order valence-corrected chi connectivity index (χ0v) is 16.3. The maximum absolute atomic E-state index is 11.9. The molecule has 1 aliphatic rings. The number of rotatable bonds is 4. The predicted molar refractivity (Wildman–Crippen MR) is 106 cm³/mol. The average Bonchev–Trinajstić information content (AvgIpc) is 3.38. The van der Waals surface area contributed by atoms with Crippen LogP contribution in [0.15, 0.2) is 35.9 Å². The molecule has 4 heterocycles. The summed E-state index contributed by atoms with van der Waals surface area (Å²) in [6.45, 7) is 0. The zero-order chi connectivity index (χ0) is 18.4. The topological polar surface area (TPSA) is 69.4 Å². The fourth-order valence-corrected chi connectivity index (χ4v) is 5.76. The number of thioether (sulfide) groups is 1. The number of hydrogen-bond acceptors (Lipinski definition) is 7. The number of aryl methyl sites for hydroxylation is 2. The van der Waals surface area contributed by atoms with Gasteiger partial charge in [0.25, 0.3) is 0 Å². The molecule has 136 valence electrons. The standard InChI is InChI=1S/C19H16N4O2S2/c1-25-19(24)13-5-3-7-23-8-11(22-16(13)23)9-26-17-15-12-4-2-6-14(12)27-18(15)21-10-20-17/h3,5,7-8,10H,2,4,6,9H2,1H3. The zero-order valence-electron chi connectivity index (χ0n) is 14.6. The summed E-state index contributed by atoms with van der Waals surface area (Å²) in [6.07, 6.45) is 8.98. The molecular weight excluding hydrogens is 380 g/mol. The number of fused-ring (bicyclic) bond motifs is 4. The summed E-state index contributed by atoms with van der Waals surface area (Å²) in [5.41, 5.74) is 3.41. The number of carbonyl (C=O) groups is 1. The molecule has 0 aliphatic heterocycles. The Bertz CT molecular complexity index is 1180. The van der Waals surface area contributed by atoms with Gasteiger partial charge in [0.05, 0.1) is 12.8 Å². The third kappa shape index (κ3) is 2.80. The van der Waals surface area contributed by atoms with E-state index in [1.165, 1.54) is 29.4 Å². The highest BCUT2D eigenvalue weighted by atomic mass is 32.2. The summed E-state index contributed by atoms with van der Waals surface area (Å²) in [4.78, 5) is 28.1. The summed E-state index contributed by atoms with van der Waals surface area (Å²) in [6, 6.07) is 3.55. The first-order valence-electron chi connectivity index (χ1n) is 8.67. The number of carbonyl (C=O) groups excluding carboxylic acids is 1. The van der Waals surface area contributed by atoms with Gasteiger partial charge in [-0.05, 0) is 37.0 Å². The summed E-state index contributed by atoms with van der Waals surface area (Å²) >= 11 is 3.47. The molecule has 1 aliphatic carbocycles. The Morgan fingerprint density at radius 2 is 2.30 bits per heavy atom. The van der Waals surface area contributed by atoms with Crippen molar-refractivity contribution in [3.8, 4) is 0 Å². The molecule has 27 heavy (non-hydrogen) atoms. The smallest absolute Gasteiger partial charge is 0.341 e. The number of ether oxygens (including phenoxy) is 1. The third-order valence-electron chi connectivity index (χ3n) is 4.76. The maximum atomic E-state index is 11.9. The van der Waals surface area contributed by atoms with E-state index in [1.54, 1.807) is 35.5 Å². The van der Waals surface area contributed by atoms with E-state index in [0.29, 0.717) is 17.0 Å². The van der Waals surface area contributed by atoms with E-state index in [-0.39, 0.29) is 5.97 Å². The molecule has 8 heteroatoms. The van der Waals surface area contributed by atoms with Crippen molar-refractivity contribution in [2.24, 2.45) is 0 Å². The Hall–Kier alpha value is -2.45. The summed E-state index contributed by atoms with van der Waals surface area (Å²) < 4.78 is 6.71. The number of imidazole rings is 1. The Balaban J connectivity index is 1.47. The molecule has 0 saturated carbocycles. The van der Waals surface area contributed by atoms with Gasteiger partial charge in [-0.1, -0.05) is 11.8 Å². The largest absolute Gasteiger partial charge is 0.465 e. The molecule has 0 unspecified atom stereocenters. The van der Waals surface area contributed by atoms with Crippen molar-refractivity contribution < 1.29 is 9.53 Å². The maximum Gasteiger partial charge on any atom is 0.341 e. The molecule has 0 aromatic carbocycles. The van der Waals surface area contributed by atoms with Crippen LogP contribution in [0.5, 0.6) is 0 Å². The molecule has 0 spiro atoms. The van der Waals surface area contributed by atoms with E-state index in [4.69, 9.17) is 4.74 Å². The van der Waals surface area contributed by atoms with E-state index in [1.807, 2.05) is 22.9 Å². The number of esters is 1. The van der Waals surface area contributed by atoms with Crippen molar-refractivity contribution in [3.63, 3.8) is 0 Å². The fraction of sp³-hybridized carbons (Fsp3) is 0.263. The molecule has 0 saturated heterocycles. The summed E-state index contributed by atoms with van der Waals surface area (Å²) in [5.74, 6) is 0.302. The van der Waals surface area contributed by atoms with Crippen molar-refractivity contribution in [2.75, 3.05) is 7.11 Å². The Labute approximate surface area is 163 Å². The molecule has 4 aromatic heterocycles. The van der Waals surface area contributed by atoms with Crippen LogP contribution < -0.4 is 0 Å². The lowest BCUT2D eigenvalue weighted by Crippen LogP contribution is -2.03. The Morgan fingerprint density at radius 1 is 1.37 bits per heavy atom. The van der Waals surface area contributed by atoms with Crippen LogP contribution in [0, 0.1) is 0 Å². The van der Waals surface area contributed by atoms with E-state index in [0.717, 1.165) is 28.4 Å². The quantitative estimate of drug-likeness (QED) is 0.296. The molecule has 0 amide bonds. The molecule has 0 radical (unpaired) electrons. The van der Waals surface area contributed by atoms with Gasteiger partial charge < -0.3 is 9.14 Å². The second-order valence-corrected chi connectivity index (χ2v) is 8.43. The molecular formula is C19H16N4O2S2. The van der Waals surface area contributed by atoms with Gasteiger partial charge in [-0.3, -0.25) is 0 Å². The molecule has 0 N–H and O–H groups in total. The first-order chi connectivity index (χ1) is 13.2. The van der Waals surface area contributed by atoms with Crippen molar-refractivity contribution in [1.29, 1.82) is 0 Å². The van der Waals surface area contributed by atoms with Crippen molar-refractivity contribution >= 4 is 44.9 Å². The number of hydrogen-bond donors (Lipinski definition) is 0. The van der Waals surface area contributed by atoms with E-state index in [9.17, 15) is 4.79 Å². The first-order valence-corrected chi connectivity index (χ1v) is 10.5. The number of aromatic nitrogens is 4. The minimum absolute atomic E-state index is 0.378. The van der Waals surface area contributed by atoms with Crippen LogP contribution in [0.3, 0.4) is 0 Å². The summed E-state index contributed by atoms with van der Waals surface area (Å²) in [5, 5.41) is 2.24. The molecule has 0 atom stereocenters. The van der Waals surface area contributed by atoms with Crippen molar-refractivity contribution in [3.05, 3.63) is 52.6 Å². The summed E-state index contributed by atoms with van der Waals surface area (Å²) in [7, 11) is 1.38. The predicted octanol–water partition coefficient (Wildman–Crippen LogP) is 3.91. The van der Waals surface area contributed by atoms with Gasteiger partial charge >= 0.3 is 5.97 Å². The molecule has 4 aromatic rings. The van der Waals surface area contributed by atoms with Gasteiger partial charge in [-0.15, -0.1) is 11.3 Å². The lowest BCUT2D eigenvalue weighted by atomic mass is 10.2. The number of thiophene rings is 1. The highest BCUT2D eigenvalue weighted by molar-refractivity contribution is 7.98. The van der Waals surface area contributed by atoms with Crippen LogP contribution in [0.25, 0.3) is 15.9 Å². The van der Waals surface area contributed by atoms with Gasteiger partial charge in [0.1, 0.15) is 21.7 Å². The van der Waals surface area contributed by atoms with Crippen molar-refractivity contribution in [1.82, 2.24) is 19.4 Å². The third-order valence-corrected chi connectivity index (χ3v) is 6.98. The number of nitrogens with zero attached hydrogens (tertiary/aromatic N) is 4. The molecule has 0 fully saturated rings. The van der Waals surface area contributed by atoms with Crippen molar-refractivity contribution in [2.45, 2.75) is 30.0 Å². The Kier molecular flexibility index (Phi) is 4.09. The van der Waals surface area contributed by atoms with Crippen LogP contribution >= 0.6 is 23.1 Å². The van der Waals surface area contributed by atoms with E-state index in [2.05, 4.69) is 15.0 Å². The van der Waals surface area contributed by atoms with Gasteiger partial charge in [0.2, 0.25) is 0 Å². The number of pyridine rings is 1. The SMILES string of the molecule is COC(=O)c1cccn2cc(CSc3ncnc4sc5c(c34)CCC5)nc12. The van der Waals surface area contributed by atoms with Crippen LogP contribution in [0.1, 0.15) is 32.9 Å². The van der Waals surface area contributed by atoms with Crippen LogP contribution in [-0.2, 0) is 23.3 Å². The average molecular weight is 396 g/mol. The molecule has 0 bridgehead atoms. The van der Waals surface area contributed by atoms with Crippen LogP contribution in [-0.4, -0.2) is 32.4 Å². The van der Waals surface area contributed by atoms with Gasteiger partial charge in [-0.2, -0.15) is 0 Å². The van der Waals surface area contributed by atoms with E-state index < -0.39 is 0 Å². The minimum Gasteiger partial charge on any atom is -0.465 e. The second kappa shape index (κ2) is 6.61. The monoisotopic (exact) mass is 396 g/mol. The normalized spacial score (nSPS) is 13.4. The van der Waals surface area contributed by atoms with Gasteiger partial charge in [0.15, 0.2) is 5.65 Å². The van der Waals surface area contributed by atoms with Gasteiger partial charge in [-0.25, -0.2) is 19.7 Å². The van der Waals surface area contributed by atoms with Gasteiger partial charge in [0, 0.05) is 28.4 Å². The lowest BCUT2D eigenvalue weighted by Gasteiger charge is -2.02. The van der Waals surface area contributed by atoms with Crippen LogP contribution in [0.2, 0.25) is 0 Å². The Morgan fingerprint density at radius 3 is 3.19 bits per heavy atom. The van der Waals surface area contributed by atoms with Crippen LogP contribution in [0.4, 0.5) is 0 Å². The second-order valence-electron chi connectivity index (χ2n) is 6.38. The highest BCUT2D eigenvalue weighted by Crippen LogP contribution is 2.40. The first kappa shape index (κ1) is 16.7. The number of methoxy groups -OCH3 is 1. The van der Waals surface area contributed by atoms with E-state index >= 15 is 0 Å². The molecule has 6 nitrogen and oxygen atoms in total. The highest BCUT2D eigenvalue weighted by Gasteiger charge is 2.21. The minimum atomic E-state index is -0.378.